The number of hydrogen-bond donors (Lipinski definition) is 2. The van der Waals surface area contributed by atoms with Crippen LogP contribution in [-0.4, -0.2) is 37.0 Å². The molecular formula is C28H23Br2ClN2O5. The van der Waals surface area contributed by atoms with Crippen molar-refractivity contribution in [3.8, 4) is 0 Å². The van der Waals surface area contributed by atoms with Crippen LogP contribution in [0.5, 0.6) is 0 Å². The molecule has 7 nitrogen and oxygen atoms in total. The van der Waals surface area contributed by atoms with E-state index in [-0.39, 0.29) is 29.5 Å². The van der Waals surface area contributed by atoms with Gasteiger partial charge >= 0.3 is 11.9 Å². The zero-order chi connectivity index (χ0) is 27.4. The van der Waals surface area contributed by atoms with Crippen LogP contribution >= 0.6 is 43.5 Å². The first-order chi connectivity index (χ1) is 18.1. The lowest BCUT2D eigenvalue weighted by Crippen LogP contribution is -2.38. The highest BCUT2D eigenvalue weighted by Crippen LogP contribution is 2.55. The van der Waals surface area contributed by atoms with Crippen molar-refractivity contribution in [2.75, 3.05) is 19.5 Å². The second kappa shape index (κ2) is 10.0. The summed E-state index contributed by atoms with van der Waals surface area (Å²) >= 11 is 13.8. The molecule has 2 aliphatic rings. The second-order valence-corrected chi connectivity index (χ2v) is 11.4. The van der Waals surface area contributed by atoms with Gasteiger partial charge in [-0.3, -0.25) is 9.59 Å². The molecule has 0 fully saturated rings. The topological polar surface area (TPSA) is 97.5 Å². The van der Waals surface area contributed by atoms with Crippen LogP contribution in [-0.2, 0) is 37.3 Å². The molecule has 0 spiro atoms. The van der Waals surface area contributed by atoms with E-state index in [9.17, 15) is 14.4 Å². The summed E-state index contributed by atoms with van der Waals surface area (Å²) in [6, 6.07) is 9.79. The third-order valence-corrected chi connectivity index (χ3v) is 9.17. The first kappa shape index (κ1) is 26.7. The van der Waals surface area contributed by atoms with E-state index in [2.05, 4.69) is 42.2 Å². The van der Waals surface area contributed by atoms with Gasteiger partial charge in [-0.15, -0.1) is 0 Å². The van der Waals surface area contributed by atoms with E-state index in [1.165, 1.54) is 14.2 Å². The minimum absolute atomic E-state index is 0.147. The molecule has 0 bridgehead atoms. The molecular weight excluding hydrogens is 640 g/mol. The van der Waals surface area contributed by atoms with Gasteiger partial charge in [-0.05, 0) is 51.2 Å². The number of anilines is 1. The van der Waals surface area contributed by atoms with E-state index in [0.717, 1.165) is 36.9 Å². The van der Waals surface area contributed by atoms with E-state index in [1.54, 1.807) is 0 Å². The molecule has 196 valence electrons. The predicted octanol–water partition coefficient (Wildman–Crippen LogP) is 6.25. The Kier molecular flexibility index (Phi) is 7.04. The molecule has 1 aromatic heterocycles. The summed E-state index contributed by atoms with van der Waals surface area (Å²) in [5.41, 5.74) is 4.51. The molecule has 0 saturated carbocycles. The Balaban J connectivity index is 1.75. The van der Waals surface area contributed by atoms with Crippen molar-refractivity contribution in [3.05, 3.63) is 89.6 Å². The molecule has 10 heteroatoms. The van der Waals surface area contributed by atoms with Crippen molar-refractivity contribution in [1.82, 2.24) is 4.98 Å². The van der Waals surface area contributed by atoms with Gasteiger partial charge in [0, 0.05) is 32.0 Å². The van der Waals surface area contributed by atoms with Gasteiger partial charge in [0.25, 0.3) is 0 Å². The maximum Gasteiger partial charge on any atom is 0.340 e. The molecule has 0 saturated heterocycles. The molecule has 0 radical (unpaired) electrons. The monoisotopic (exact) mass is 660 g/mol. The lowest BCUT2D eigenvalue weighted by molar-refractivity contribution is -0.139. The number of allylic oxidation sites excluding steroid dienone is 1. The van der Waals surface area contributed by atoms with Gasteiger partial charge < -0.3 is 19.8 Å². The molecule has 1 amide bonds. The number of amides is 1. The number of aromatic amines is 1. The van der Waals surface area contributed by atoms with Gasteiger partial charge in [0.2, 0.25) is 5.91 Å². The number of hydrogen-bond acceptors (Lipinski definition) is 5. The third-order valence-electron chi connectivity index (χ3n) is 7.40. The molecule has 2 atom stereocenters. The first-order valence-electron chi connectivity index (χ1n) is 11.7. The SMILES string of the molecule is COC(=O)Cc1c(Cl)[nH]c(CC2(C3C(=O)Nc4c(Br)cc(Br)c(C)c43)C=Cc3ccccc32)c1C(=O)OC. The van der Waals surface area contributed by atoms with Gasteiger partial charge in [-0.25, -0.2) is 4.79 Å². The molecule has 3 aromatic rings. The summed E-state index contributed by atoms with van der Waals surface area (Å²) in [6.45, 7) is 1.97. The maximum absolute atomic E-state index is 13.8. The van der Waals surface area contributed by atoms with Gasteiger partial charge in [0.1, 0.15) is 5.15 Å². The van der Waals surface area contributed by atoms with Crippen LogP contribution in [0.2, 0.25) is 5.15 Å². The number of esters is 2. The number of carbonyl (C=O) groups is 3. The molecule has 1 aliphatic carbocycles. The predicted molar refractivity (Wildman–Crippen MR) is 152 cm³/mol. The quantitative estimate of drug-likeness (QED) is 0.305. The summed E-state index contributed by atoms with van der Waals surface area (Å²) < 4.78 is 11.5. The summed E-state index contributed by atoms with van der Waals surface area (Å²) in [6.07, 6.45) is 4.04. The number of methoxy groups -OCH3 is 2. The number of halogens is 3. The van der Waals surface area contributed by atoms with E-state index in [4.69, 9.17) is 21.1 Å². The molecule has 5 rings (SSSR count). The lowest BCUT2D eigenvalue weighted by Gasteiger charge is -2.35. The minimum Gasteiger partial charge on any atom is -0.469 e. The smallest absolute Gasteiger partial charge is 0.340 e. The fourth-order valence-electron chi connectivity index (χ4n) is 5.66. The van der Waals surface area contributed by atoms with Crippen molar-refractivity contribution < 1.29 is 23.9 Å². The number of benzene rings is 2. The van der Waals surface area contributed by atoms with E-state index < -0.39 is 23.3 Å². The van der Waals surface area contributed by atoms with Crippen molar-refractivity contribution >= 4 is 73.1 Å². The fraction of sp³-hybridized carbons (Fsp3) is 0.250. The van der Waals surface area contributed by atoms with E-state index in [0.29, 0.717) is 11.3 Å². The summed E-state index contributed by atoms with van der Waals surface area (Å²) in [5, 5.41) is 3.22. The molecule has 2 heterocycles. The Bertz CT molecular complexity index is 1550. The van der Waals surface area contributed by atoms with Crippen LogP contribution in [0, 0.1) is 6.92 Å². The molecule has 2 aromatic carbocycles. The van der Waals surface area contributed by atoms with Crippen LogP contribution in [0.4, 0.5) is 5.69 Å². The van der Waals surface area contributed by atoms with Gasteiger partial charge in [0.05, 0.1) is 37.8 Å². The standard InChI is InChI=1S/C28H23Br2ClN2O5/c1-13-17(29)11-18(30)24-21(13)23(26(35)33-24)28(9-8-14-6-4-5-7-16(14)28)12-19-22(27(36)38-3)15(25(31)32-19)10-20(34)37-2/h4-9,11,23,32H,10,12H2,1-3H3,(H,33,35). The number of H-pyrrole nitrogens is 1. The summed E-state index contributed by atoms with van der Waals surface area (Å²) in [4.78, 5) is 42.1. The van der Waals surface area contributed by atoms with Crippen molar-refractivity contribution in [1.29, 1.82) is 0 Å². The summed E-state index contributed by atoms with van der Waals surface area (Å²) in [5.74, 6) is -1.96. The molecule has 38 heavy (non-hydrogen) atoms. The first-order valence-corrected chi connectivity index (χ1v) is 13.7. The van der Waals surface area contributed by atoms with Crippen LogP contribution in [0.1, 0.15) is 49.8 Å². The Labute approximate surface area is 241 Å². The highest BCUT2D eigenvalue weighted by molar-refractivity contribution is 9.11. The van der Waals surface area contributed by atoms with Crippen LogP contribution in [0.3, 0.4) is 0 Å². The van der Waals surface area contributed by atoms with Crippen molar-refractivity contribution in [2.24, 2.45) is 0 Å². The van der Waals surface area contributed by atoms with Gasteiger partial charge in [-0.1, -0.05) is 63.9 Å². The Morgan fingerprint density at radius 1 is 1.13 bits per heavy atom. The Morgan fingerprint density at radius 3 is 2.58 bits per heavy atom. The largest absolute Gasteiger partial charge is 0.469 e. The average Bonchev–Trinajstić information content (AvgIpc) is 3.54. The zero-order valence-corrected chi connectivity index (χ0v) is 24.6. The van der Waals surface area contributed by atoms with E-state index in [1.807, 2.05) is 49.4 Å². The average molecular weight is 663 g/mol. The Morgan fingerprint density at radius 2 is 1.87 bits per heavy atom. The fourth-order valence-corrected chi connectivity index (χ4v) is 7.23. The number of carbonyl (C=O) groups excluding carboxylic acids is 3. The highest BCUT2D eigenvalue weighted by atomic mass is 79.9. The molecule has 1 aliphatic heterocycles. The third kappa shape index (κ3) is 4.12. The van der Waals surface area contributed by atoms with E-state index >= 15 is 0 Å². The van der Waals surface area contributed by atoms with Crippen molar-refractivity contribution in [2.45, 2.75) is 31.1 Å². The van der Waals surface area contributed by atoms with Crippen LogP contribution in [0.15, 0.2) is 45.4 Å². The van der Waals surface area contributed by atoms with Crippen molar-refractivity contribution in [3.63, 3.8) is 0 Å². The van der Waals surface area contributed by atoms with Gasteiger partial charge in [-0.2, -0.15) is 0 Å². The van der Waals surface area contributed by atoms with Crippen LogP contribution in [0.25, 0.3) is 6.08 Å². The number of rotatable bonds is 6. The number of aromatic nitrogens is 1. The van der Waals surface area contributed by atoms with Crippen LogP contribution < -0.4 is 5.32 Å². The second-order valence-electron chi connectivity index (χ2n) is 9.33. The normalized spacial score (nSPS) is 19.2. The summed E-state index contributed by atoms with van der Waals surface area (Å²) in [7, 11) is 2.54. The highest BCUT2D eigenvalue weighted by Gasteiger charge is 2.52. The minimum atomic E-state index is -0.879. The molecule has 2 N–H and O–H groups in total. The Hall–Kier alpha value is -2.88. The number of fused-ring (bicyclic) bond motifs is 2. The maximum atomic E-state index is 13.8. The number of ether oxygens (including phenoxy) is 2. The lowest BCUT2D eigenvalue weighted by atomic mass is 9.65. The molecule has 2 unspecified atom stereocenters. The number of nitrogens with one attached hydrogen (secondary N) is 2. The zero-order valence-electron chi connectivity index (χ0n) is 20.7. The van der Waals surface area contributed by atoms with Gasteiger partial charge in [0.15, 0.2) is 0 Å².